The van der Waals surface area contributed by atoms with Crippen LogP contribution in [-0.4, -0.2) is 34.8 Å². The molecule has 0 unspecified atom stereocenters. The topological polar surface area (TPSA) is 3.24 Å². The molecule has 0 saturated carbocycles. The summed E-state index contributed by atoms with van der Waals surface area (Å²) in [5, 5.41) is 0. The fourth-order valence-electron chi connectivity index (χ4n) is 1.28. The smallest absolute Gasteiger partial charge is 0.00442 e. The van der Waals surface area contributed by atoms with E-state index in [4.69, 9.17) is 0 Å². The summed E-state index contributed by atoms with van der Waals surface area (Å²) in [6.45, 7) is 8.46. The standard InChI is InChI=1S/C8H21NSi/c1-3-5-9(6-4-2)7-8-10/h3-8H2,1-2,10H3. The molecule has 0 aliphatic heterocycles. The maximum Gasteiger partial charge on any atom is 0.00442 e. The number of nitrogens with zero attached hydrogens (tertiary/aromatic N) is 1. The fourth-order valence-corrected chi connectivity index (χ4v) is 1.92. The van der Waals surface area contributed by atoms with E-state index in [1.807, 2.05) is 0 Å². The van der Waals surface area contributed by atoms with Gasteiger partial charge in [-0.15, -0.1) is 0 Å². The second-order valence-corrected chi connectivity index (χ2v) is 3.84. The van der Waals surface area contributed by atoms with Crippen LogP contribution in [0.5, 0.6) is 0 Å². The molecule has 0 rings (SSSR count). The van der Waals surface area contributed by atoms with Crippen molar-refractivity contribution >= 4 is 10.2 Å². The molecule has 0 radical (unpaired) electrons. The van der Waals surface area contributed by atoms with Crippen molar-refractivity contribution in [2.75, 3.05) is 19.6 Å². The third-order valence-electron chi connectivity index (χ3n) is 1.62. The van der Waals surface area contributed by atoms with Crippen molar-refractivity contribution in [2.24, 2.45) is 0 Å². The molecule has 0 aromatic heterocycles. The summed E-state index contributed by atoms with van der Waals surface area (Å²) in [7, 11) is 1.36. The molecular formula is C8H21NSi. The molecule has 0 spiro atoms. The zero-order valence-electron chi connectivity index (χ0n) is 7.69. The van der Waals surface area contributed by atoms with Crippen molar-refractivity contribution < 1.29 is 0 Å². The van der Waals surface area contributed by atoms with Crippen LogP contribution in [0.1, 0.15) is 26.7 Å². The van der Waals surface area contributed by atoms with Gasteiger partial charge in [0.15, 0.2) is 0 Å². The van der Waals surface area contributed by atoms with E-state index in [1.54, 1.807) is 0 Å². The summed E-state index contributed by atoms with van der Waals surface area (Å²) >= 11 is 0. The zero-order valence-corrected chi connectivity index (χ0v) is 9.69. The lowest BCUT2D eigenvalue weighted by molar-refractivity contribution is 0.289. The van der Waals surface area contributed by atoms with E-state index in [1.165, 1.54) is 48.8 Å². The highest BCUT2D eigenvalue weighted by Gasteiger charge is 1.98. The van der Waals surface area contributed by atoms with Crippen LogP contribution in [0.15, 0.2) is 0 Å². The Morgan fingerprint density at radius 1 is 1.00 bits per heavy atom. The lowest BCUT2D eigenvalue weighted by atomic mass is 10.3. The van der Waals surface area contributed by atoms with Gasteiger partial charge >= 0.3 is 0 Å². The van der Waals surface area contributed by atoms with E-state index < -0.39 is 0 Å². The summed E-state index contributed by atoms with van der Waals surface area (Å²) in [6, 6.07) is 1.43. The monoisotopic (exact) mass is 159 g/mol. The molecular weight excluding hydrogens is 138 g/mol. The van der Waals surface area contributed by atoms with Gasteiger partial charge in [-0.25, -0.2) is 0 Å². The minimum Gasteiger partial charge on any atom is -0.304 e. The molecule has 0 fully saturated rings. The molecule has 0 N–H and O–H groups in total. The van der Waals surface area contributed by atoms with Gasteiger partial charge in [0.2, 0.25) is 0 Å². The van der Waals surface area contributed by atoms with Gasteiger partial charge in [0.25, 0.3) is 0 Å². The first-order valence-corrected chi connectivity index (χ1v) is 5.98. The average Bonchev–Trinajstić information content (AvgIpc) is 1.90. The van der Waals surface area contributed by atoms with Crippen LogP contribution in [0.25, 0.3) is 0 Å². The number of rotatable bonds is 6. The third-order valence-corrected chi connectivity index (χ3v) is 2.07. The summed E-state index contributed by atoms with van der Waals surface area (Å²) < 4.78 is 0. The van der Waals surface area contributed by atoms with E-state index >= 15 is 0 Å². The van der Waals surface area contributed by atoms with Crippen LogP contribution in [0.3, 0.4) is 0 Å². The Bertz CT molecular complexity index is 52.0. The first-order chi connectivity index (χ1) is 4.85. The third kappa shape index (κ3) is 5.00. The van der Waals surface area contributed by atoms with Crippen LogP contribution in [0, 0.1) is 0 Å². The second kappa shape index (κ2) is 7.29. The SMILES string of the molecule is CCCN(CCC)CC[SiH3]. The molecule has 0 bridgehead atoms. The molecule has 1 nitrogen and oxygen atoms in total. The normalized spacial score (nSPS) is 11.1. The average molecular weight is 159 g/mol. The summed E-state index contributed by atoms with van der Waals surface area (Å²) in [6.07, 6.45) is 2.61. The largest absolute Gasteiger partial charge is 0.304 e. The molecule has 0 aliphatic rings. The first kappa shape index (κ1) is 10.2. The van der Waals surface area contributed by atoms with Gasteiger partial charge in [-0.05, 0) is 32.5 Å². The van der Waals surface area contributed by atoms with Crippen LogP contribution in [0.4, 0.5) is 0 Å². The van der Waals surface area contributed by atoms with Crippen LogP contribution < -0.4 is 0 Å². The summed E-state index contributed by atoms with van der Waals surface area (Å²) in [5.41, 5.74) is 0. The minimum absolute atomic E-state index is 1.30. The van der Waals surface area contributed by atoms with Gasteiger partial charge in [0, 0.05) is 10.2 Å². The minimum atomic E-state index is 1.30. The molecule has 0 heterocycles. The molecule has 62 valence electrons. The van der Waals surface area contributed by atoms with Crippen molar-refractivity contribution in [3.05, 3.63) is 0 Å². The number of hydrogen-bond donors (Lipinski definition) is 0. The van der Waals surface area contributed by atoms with E-state index in [2.05, 4.69) is 18.7 Å². The van der Waals surface area contributed by atoms with Gasteiger partial charge in [0.05, 0.1) is 0 Å². The first-order valence-electron chi connectivity index (χ1n) is 4.57. The fraction of sp³-hybridized carbons (Fsp3) is 1.00. The molecule has 0 amide bonds. The van der Waals surface area contributed by atoms with Crippen molar-refractivity contribution in [1.29, 1.82) is 0 Å². The van der Waals surface area contributed by atoms with Gasteiger partial charge in [-0.1, -0.05) is 19.9 Å². The predicted molar refractivity (Wildman–Crippen MR) is 51.8 cm³/mol. The van der Waals surface area contributed by atoms with Crippen LogP contribution >= 0.6 is 0 Å². The van der Waals surface area contributed by atoms with Gasteiger partial charge in [0.1, 0.15) is 0 Å². The maximum absolute atomic E-state index is 2.58. The van der Waals surface area contributed by atoms with E-state index in [9.17, 15) is 0 Å². The Morgan fingerprint density at radius 3 is 1.80 bits per heavy atom. The Balaban J connectivity index is 3.30. The van der Waals surface area contributed by atoms with Crippen LogP contribution in [-0.2, 0) is 0 Å². The molecule has 0 atom stereocenters. The molecule has 0 aromatic rings. The van der Waals surface area contributed by atoms with Crippen molar-refractivity contribution in [1.82, 2.24) is 4.90 Å². The second-order valence-electron chi connectivity index (χ2n) is 2.84. The van der Waals surface area contributed by atoms with Gasteiger partial charge < -0.3 is 4.90 Å². The zero-order chi connectivity index (χ0) is 7.82. The highest BCUT2D eigenvalue weighted by atomic mass is 28.1. The van der Waals surface area contributed by atoms with E-state index in [0.717, 1.165) is 0 Å². The summed E-state index contributed by atoms with van der Waals surface area (Å²) in [4.78, 5) is 2.58. The quantitative estimate of drug-likeness (QED) is 0.520. The predicted octanol–water partition coefficient (Wildman–Crippen LogP) is 0.892. The Labute approximate surface area is 68.2 Å². The highest BCUT2D eigenvalue weighted by Crippen LogP contribution is 1.94. The van der Waals surface area contributed by atoms with E-state index in [0.29, 0.717) is 0 Å². The molecule has 0 saturated heterocycles. The lowest BCUT2D eigenvalue weighted by Gasteiger charge is -2.19. The molecule has 10 heavy (non-hydrogen) atoms. The Hall–Kier alpha value is 0.177. The van der Waals surface area contributed by atoms with E-state index in [-0.39, 0.29) is 0 Å². The van der Waals surface area contributed by atoms with Gasteiger partial charge in [-0.2, -0.15) is 0 Å². The van der Waals surface area contributed by atoms with Crippen molar-refractivity contribution in [3.63, 3.8) is 0 Å². The Kier molecular flexibility index (Phi) is 7.41. The maximum atomic E-state index is 2.58. The highest BCUT2D eigenvalue weighted by molar-refractivity contribution is 6.08. The lowest BCUT2D eigenvalue weighted by Crippen LogP contribution is -2.26. The van der Waals surface area contributed by atoms with Crippen molar-refractivity contribution in [2.45, 2.75) is 32.7 Å². The van der Waals surface area contributed by atoms with Crippen LogP contribution in [0.2, 0.25) is 6.04 Å². The molecule has 2 heteroatoms. The summed E-state index contributed by atoms with van der Waals surface area (Å²) in [5.74, 6) is 0. The molecule has 0 aliphatic carbocycles. The Morgan fingerprint density at radius 2 is 1.50 bits per heavy atom. The molecule has 0 aromatic carbocycles. The number of hydrogen-bond acceptors (Lipinski definition) is 1. The van der Waals surface area contributed by atoms with Crippen molar-refractivity contribution in [3.8, 4) is 0 Å². The van der Waals surface area contributed by atoms with Gasteiger partial charge in [-0.3, -0.25) is 0 Å².